The van der Waals surface area contributed by atoms with E-state index in [4.69, 9.17) is 19.4 Å². The van der Waals surface area contributed by atoms with Crippen LogP contribution in [0.4, 0.5) is 0 Å². The Balaban J connectivity index is 2.11. The summed E-state index contributed by atoms with van der Waals surface area (Å²) in [7, 11) is 2.91. The minimum Gasteiger partial charge on any atom is -0.508 e. The zero-order valence-electron chi connectivity index (χ0n) is 16.4. The molecule has 0 unspecified atom stereocenters. The van der Waals surface area contributed by atoms with Gasteiger partial charge in [-0.05, 0) is 41.5 Å². The first kappa shape index (κ1) is 20.7. The third kappa shape index (κ3) is 4.02. The van der Waals surface area contributed by atoms with Gasteiger partial charge >= 0.3 is 0 Å². The molecule has 3 rings (SSSR count). The quantitative estimate of drug-likeness (QED) is 0.263. The minimum absolute atomic E-state index is 0.0207. The molecule has 0 bridgehead atoms. The van der Waals surface area contributed by atoms with Gasteiger partial charge in [0.2, 0.25) is 0 Å². The number of rotatable bonds is 7. The van der Waals surface area contributed by atoms with Crippen LogP contribution in [0.25, 0.3) is 22.3 Å². The average molecular weight is 411 g/mol. The fourth-order valence-electron chi connectivity index (χ4n) is 3.08. The second-order valence-electron chi connectivity index (χ2n) is 6.22. The molecule has 0 aliphatic heterocycles. The van der Waals surface area contributed by atoms with Gasteiger partial charge in [-0.15, -0.1) is 0 Å². The van der Waals surface area contributed by atoms with E-state index in [0.717, 1.165) is 6.21 Å². The van der Waals surface area contributed by atoms with Gasteiger partial charge in [-0.25, -0.2) is 0 Å². The van der Waals surface area contributed by atoms with Crippen LogP contribution in [0.2, 0.25) is 0 Å². The van der Waals surface area contributed by atoms with Crippen molar-refractivity contribution in [2.75, 3.05) is 20.8 Å². The molecule has 0 aliphatic rings. The number of oxime groups is 1. The van der Waals surface area contributed by atoms with Gasteiger partial charge in [-0.3, -0.25) is 0 Å². The van der Waals surface area contributed by atoms with Gasteiger partial charge in [0.1, 0.15) is 18.1 Å². The summed E-state index contributed by atoms with van der Waals surface area (Å²) in [5.74, 6) is 0.549. The highest BCUT2D eigenvalue weighted by Gasteiger charge is 2.22. The fourth-order valence-corrected chi connectivity index (χ4v) is 3.08. The number of aromatic hydroxyl groups is 3. The molecule has 0 aliphatic carbocycles. The SMILES string of the molecule is COc1cc(-c2ccc(O)cc2)c(OC)c(O)c1-c1ccc(OC/C=N/O)c(O)c1. The molecule has 0 radical (unpaired) electrons. The van der Waals surface area contributed by atoms with Crippen molar-refractivity contribution in [3.63, 3.8) is 0 Å². The van der Waals surface area contributed by atoms with Gasteiger partial charge in [0.05, 0.1) is 26.0 Å². The summed E-state index contributed by atoms with van der Waals surface area (Å²) in [5.41, 5.74) is 2.08. The zero-order chi connectivity index (χ0) is 21.7. The van der Waals surface area contributed by atoms with Crippen LogP contribution < -0.4 is 14.2 Å². The van der Waals surface area contributed by atoms with E-state index in [-0.39, 0.29) is 35.4 Å². The van der Waals surface area contributed by atoms with Crippen LogP contribution >= 0.6 is 0 Å². The first-order valence-corrected chi connectivity index (χ1v) is 8.89. The van der Waals surface area contributed by atoms with Gasteiger partial charge in [0.15, 0.2) is 23.0 Å². The van der Waals surface area contributed by atoms with Gasteiger partial charge < -0.3 is 34.7 Å². The van der Waals surface area contributed by atoms with E-state index >= 15 is 0 Å². The third-order valence-corrected chi connectivity index (χ3v) is 4.46. The van der Waals surface area contributed by atoms with Crippen LogP contribution in [0.1, 0.15) is 0 Å². The molecule has 0 saturated carbocycles. The standard InChI is InChI=1S/C22H21NO7/c1-28-19-12-16(13-3-6-15(24)7-4-13)22(29-2)21(26)20(19)14-5-8-18(17(25)11-14)30-10-9-23-27/h3-9,11-12,24-27H,10H2,1-2H3/b23-9+. The summed E-state index contributed by atoms with van der Waals surface area (Å²) >= 11 is 0. The Morgan fingerprint density at radius 2 is 1.57 bits per heavy atom. The lowest BCUT2D eigenvalue weighted by Crippen LogP contribution is -1.99. The van der Waals surface area contributed by atoms with Crippen LogP contribution in [0.15, 0.2) is 53.7 Å². The number of hydrogen-bond donors (Lipinski definition) is 4. The van der Waals surface area contributed by atoms with Gasteiger partial charge in [0, 0.05) is 5.56 Å². The Morgan fingerprint density at radius 1 is 0.867 bits per heavy atom. The molecule has 3 aromatic carbocycles. The number of ether oxygens (including phenoxy) is 3. The normalized spacial score (nSPS) is 10.9. The van der Waals surface area contributed by atoms with Crippen LogP contribution in [0.3, 0.4) is 0 Å². The molecule has 8 heteroatoms. The Morgan fingerprint density at radius 3 is 2.17 bits per heavy atom. The molecule has 0 fully saturated rings. The first-order valence-electron chi connectivity index (χ1n) is 8.89. The first-order chi connectivity index (χ1) is 14.5. The second kappa shape index (κ2) is 8.95. The highest BCUT2D eigenvalue weighted by molar-refractivity contribution is 5.88. The number of nitrogens with zero attached hydrogens (tertiary/aromatic N) is 1. The van der Waals surface area contributed by atoms with E-state index in [9.17, 15) is 15.3 Å². The molecule has 0 saturated heterocycles. The summed E-state index contributed by atoms with van der Waals surface area (Å²) in [6, 6.07) is 12.7. The molecule has 0 atom stereocenters. The van der Waals surface area contributed by atoms with E-state index in [1.165, 1.54) is 38.5 Å². The monoisotopic (exact) mass is 411 g/mol. The summed E-state index contributed by atoms with van der Waals surface area (Å²) in [5, 5.41) is 42.0. The molecule has 0 spiro atoms. The molecule has 3 aromatic rings. The fraction of sp³-hybridized carbons (Fsp3) is 0.136. The molecule has 156 valence electrons. The maximum atomic E-state index is 11.0. The highest BCUT2D eigenvalue weighted by Crippen LogP contribution is 2.50. The second-order valence-corrected chi connectivity index (χ2v) is 6.22. The average Bonchev–Trinajstić information content (AvgIpc) is 2.75. The maximum Gasteiger partial charge on any atom is 0.170 e. The van der Waals surface area contributed by atoms with Crippen molar-refractivity contribution in [3.8, 4) is 56.8 Å². The van der Waals surface area contributed by atoms with Crippen molar-refractivity contribution in [2.24, 2.45) is 5.16 Å². The molecular formula is C22H21NO7. The molecule has 30 heavy (non-hydrogen) atoms. The van der Waals surface area contributed by atoms with Crippen LogP contribution in [-0.2, 0) is 0 Å². The van der Waals surface area contributed by atoms with Crippen molar-refractivity contribution in [1.29, 1.82) is 0 Å². The lowest BCUT2D eigenvalue weighted by atomic mass is 9.96. The van der Waals surface area contributed by atoms with Crippen molar-refractivity contribution >= 4 is 6.21 Å². The molecule has 0 amide bonds. The predicted octanol–water partition coefficient (Wildman–Crippen LogP) is 3.99. The van der Waals surface area contributed by atoms with E-state index in [0.29, 0.717) is 28.0 Å². The number of benzene rings is 3. The smallest absolute Gasteiger partial charge is 0.170 e. The van der Waals surface area contributed by atoms with E-state index in [1.807, 2.05) is 0 Å². The van der Waals surface area contributed by atoms with Gasteiger partial charge in [0.25, 0.3) is 0 Å². The van der Waals surface area contributed by atoms with Crippen molar-refractivity contribution in [2.45, 2.75) is 0 Å². The molecule has 0 heterocycles. The highest BCUT2D eigenvalue weighted by atomic mass is 16.5. The van der Waals surface area contributed by atoms with E-state index in [2.05, 4.69) is 5.16 Å². The summed E-state index contributed by atoms with van der Waals surface area (Å²) in [4.78, 5) is 0. The zero-order valence-corrected chi connectivity index (χ0v) is 16.4. The Labute approximate surface area is 172 Å². The van der Waals surface area contributed by atoms with Crippen LogP contribution in [-0.4, -0.2) is 47.6 Å². The van der Waals surface area contributed by atoms with E-state index in [1.54, 1.807) is 24.3 Å². The molecule has 8 nitrogen and oxygen atoms in total. The maximum absolute atomic E-state index is 11.0. The number of methoxy groups -OCH3 is 2. The van der Waals surface area contributed by atoms with Gasteiger partial charge in [-0.1, -0.05) is 23.4 Å². The topological polar surface area (TPSA) is 121 Å². The Bertz CT molecular complexity index is 1060. The van der Waals surface area contributed by atoms with Crippen molar-refractivity contribution in [1.82, 2.24) is 0 Å². The lowest BCUT2D eigenvalue weighted by molar-refractivity contribution is 0.308. The number of hydrogen-bond acceptors (Lipinski definition) is 8. The van der Waals surface area contributed by atoms with Crippen molar-refractivity contribution < 1.29 is 34.7 Å². The number of phenolic OH excluding ortho intramolecular Hbond substituents is 3. The summed E-state index contributed by atoms with van der Waals surface area (Å²) < 4.78 is 16.2. The molecule has 4 N–H and O–H groups in total. The van der Waals surface area contributed by atoms with E-state index < -0.39 is 0 Å². The Hall–Kier alpha value is -4.07. The van der Waals surface area contributed by atoms with Crippen molar-refractivity contribution in [3.05, 3.63) is 48.5 Å². The molecule has 0 aromatic heterocycles. The Kier molecular flexibility index (Phi) is 6.17. The number of phenols is 3. The van der Waals surface area contributed by atoms with Crippen LogP contribution in [0.5, 0.6) is 34.5 Å². The van der Waals surface area contributed by atoms with Crippen LogP contribution in [0, 0.1) is 0 Å². The minimum atomic E-state index is -0.166. The van der Waals surface area contributed by atoms with Gasteiger partial charge in [-0.2, -0.15) is 0 Å². The molecular weight excluding hydrogens is 390 g/mol. The third-order valence-electron chi connectivity index (χ3n) is 4.46. The summed E-state index contributed by atoms with van der Waals surface area (Å²) in [6.45, 7) is -0.0207. The lowest BCUT2D eigenvalue weighted by Gasteiger charge is -2.18. The predicted molar refractivity (Wildman–Crippen MR) is 111 cm³/mol. The summed E-state index contributed by atoms with van der Waals surface area (Å²) in [6.07, 6.45) is 1.13. The largest absolute Gasteiger partial charge is 0.508 e.